The topological polar surface area (TPSA) is 54.2 Å². The van der Waals surface area contributed by atoms with E-state index in [4.69, 9.17) is 0 Å². The normalized spacial score (nSPS) is 19.6. The minimum absolute atomic E-state index is 0.358. The number of aliphatic hydroxyl groups excluding tert-OH is 1. The van der Waals surface area contributed by atoms with Crippen LogP contribution in [0.1, 0.15) is 42.1 Å². The molecule has 5 nitrogen and oxygen atoms in total. The molecule has 2 aliphatic rings. The second-order valence-electron chi connectivity index (χ2n) is 6.32. The summed E-state index contributed by atoms with van der Waals surface area (Å²) in [6.45, 7) is 2.56. The van der Waals surface area contributed by atoms with Crippen LogP contribution in [0.5, 0.6) is 0 Å². The lowest BCUT2D eigenvalue weighted by molar-refractivity contribution is 0.0956. The lowest BCUT2D eigenvalue weighted by atomic mass is 10.1. The van der Waals surface area contributed by atoms with Gasteiger partial charge in [-0.1, -0.05) is 6.07 Å². The number of aromatic nitrogens is 3. The predicted octanol–water partition coefficient (Wildman–Crippen LogP) is 1.98. The monoisotopic (exact) mass is 320 g/mol. The first-order valence-electron chi connectivity index (χ1n) is 7.89. The van der Waals surface area contributed by atoms with Gasteiger partial charge >= 0.3 is 0 Å². The molecule has 23 heavy (non-hydrogen) atoms. The number of hydrogen-bond donors (Lipinski definition) is 1. The molecule has 1 saturated carbocycles. The van der Waals surface area contributed by atoms with Gasteiger partial charge in [0.25, 0.3) is 0 Å². The van der Waals surface area contributed by atoms with Crippen molar-refractivity contribution in [2.24, 2.45) is 0 Å². The van der Waals surface area contributed by atoms with Crippen molar-refractivity contribution in [1.29, 1.82) is 0 Å². The average molecular weight is 320 g/mol. The summed E-state index contributed by atoms with van der Waals surface area (Å²) in [5.74, 6) is 0.723. The van der Waals surface area contributed by atoms with Crippen molar-refractivity contribution >= 4 is 0 Å². The Morgan fingerprint density at radius 2 is 2.00 bits per heavy atom. The Balaban J connectivity index is 1.44. The molecule has 0 spiro atoms. The Morgan fingerprint density at radius 3 is 2.74 bits per heavy atom. The van der Waals surface area contributed by atoms with Gasteiger partial charge in [-0.2, -0.15) is 0 Å². The van der Waals surface area contributed by atoms with Crippen LogP contribution in [-0.4, -0.2) is 37.9 Å². The second kappa shape index (κ2) is 5.65. The van der Waals surface area contributed by atoms with Crippen LogP contribution in [0.25, 0.3) is 0 Å². The van der Waals surface area contributed by atoms with E-state index in [0.717, 1.165) is 36.9 Å². The van der Waals surface area contributed by atoms with E-state index in [2.05, 4.69) is 19.7 Å². The van der Waals surface area contributed by atoms with Crippen molar-refractivity contribution in [2.75, 3.05) is 13.1 Å². The SMILES string of the molecule is O[C@H](CN1CCn2c(nnc2C2CC2)C1)c1ccc(F)c(F)c1. The molecule has 7 heteroatoms. The van der Waals surface area contributed by atoms with Crippen LogP contribution in [0.15, 0.2) is 18.2 Å². The molecular weight excluding hydrogens is 302 g/mol. The van der Waals surface area contributed by atoms with E-state index in [1.807, 2.05) is 0 Å². The lowest BCUT2D eigenvalue weighted by Gasteiger charge is -2.29. The minimum atomic E-state index is -0.936. The Kier molecular flexibility index (Phi) is 3.61. The smallest absolute Gasteiger partial charge is 0.159 e. The first kappa shape index (κ1) is 14.7. The standard InChI is InChI=1S/C16H18F2N4O/c17-12-4-3-11(7-13(12)18)14(23)8-21-5-6-22-15(9-21)19-20-16(22)10-1-2-10/h3-4,7,10,14,23H,1-2,5-6,8-9H2/t14-/m1/s1. The fourth-order valence-electron chi connectivity index (χ4n) is 3.10. The number of benzene rings is 1. The van der Waals surface area contributed by atoms with E-state index in [0.29, 0.717) is 24.6 Å². The summed E-state index contributed by atoms with van der Waals surface area (Å²) in [5.41, 5.74) is 0.384. The molecular formula is C16H18F2N4O. The first-order chi connectivity index (χ1) is 11.1. The zero-order valence-corrected chi connectivity index (χ0v) is 12.6. The first-order valence-corrected chi connectivity index (χ1v) is 7.89. The third kappa shape index (κ3) is 2.86. The van der Waals surface area contributed by atoms with Gasteiger partial charge in [-0.05, 0) is 30.5 Å². The van der Waals surface area contributed by atoms with E-state index in [1.54, 1.807) is 0 Å². The molecule has 2 aromatic rings. The molecule has 1 aliphatic heterocycles. The van der Waals surface area contributed by atoms with Crippen molar-refractivity contribution in [1.82, 2.24) is 19.7 Å². The van der Waals surface area contributed by atoms with Crippen LogP contribution in [0, 0.1) is 11.6 Å². The Hall–Kier alpha value is -1.86. The van der Waals surface area contributed by atoms with Gasteiger partial charge in [0.05, 0.1) is 12.6 Å². The molecule has 1 aliphatic carbocycles. The molecule has 0 radical (unpaired) electrons. The summed E-state index contributed by atoms with van der Waals surface area (Å²) in [7, 11) is 0. The summed E-state index contributed by atoms with van der Waals surface area (Å²) < 4.78 is 28.4. The fourth-order valence-corrected chi connectivity index (χ4v) is 3.10. The highest BCUT2D eigenvalue weighted by molar-refractivity contribution is 5.20. The third-order valence-corrected chi connectivity index (χ3v) is 4.56. The molecule has 1 atom stereocenters. The third-order valence-electron chi connectivity index (χ3n) is 4.56. The molecule has 1 fully saturated rings. The molecule has 4 rings (SSSR count). The maximum Gasteiger partial charge on any atom is 0.159 e. The molecule has 2 heterocycles. The van der Waals surface area contributed by atoms with E-state index in [9.17, 15) is 13.9 Å². The van der Waals surface area contributed by atoms with Crippen LogP contribution in [0.2, 0.25) is 0 Å². The predicted molar refractivity (Wildman–Crippen MR) is 78.6 cm³/mol. The van der Waals surface area contributed by atoms with Crippen molar-refractivity contribution in [3.8, 4) is 0 Å². The molecule has 0 unspecified atom stereocenters. The summed E-state index contributed by atoms with van der Waals surface area (Å²) in [6, 6.07) is 3.51. The quantitative estimate of drug-likeness (QED) is 0.936. The van der Waals surface area contributed by atoms with E-state index >= 15 is 0 Å². The van der Waals surface area contributed by atoms with E-state index in [1.165, 1.54) is 18.9 Å². The van der Waals surface area contributed by atoms with Gasteiger partial charge in [-0.25, -0.2) is 8.78 Å². The molecule has 1 aromatic carbocycles. The molecule has 122 valence electrons. The summed E-state index contributed by atoms with van der Waals surface area (Å²) in [4.78, 5) is 2.06. The van der Waals surface area contributed by atoms with Crippen molar-refractivity contribution in [3.05, 3.63) is 47.0 Å². The highest BCUT2D eigenvalue weighted by atomic mass is 19.2. The minimum Gasteiger partial charge on any atom is -0.387 e. The zero-order chi connectivity index (χ0) is 16.0. The van der Waals surface area contributed by atoms with Crippen LogP contribution in [0.3, 0.4) is 0 Å². The summed E-state index contributed by atoms with van der Waals surface area (Å²) in [6.07, 6.45) is 1.52. The lowest BCUT2D eigenvalue weighted by Crippen LogP contribution is -2.37. The van der Waals surface area contributed by atoms with Gasteiger partial charge in [-0.3, -0.25) is 4.90 Å². The number of hydrogen-bond acceptors (Lipinski definition) is 4. The Bertz CT molecular complexity index is 729. The number of halogens is 2. The van der Waals surface area contributed by atoms with E-state index in [-0.39, 0.29) is 0 Å². The molecule has 0 amide bonds. The van der Waals surface area contributed by atoms with Gasteiger partial charge in [0, 0.05) is 25.6 Å². The van der Waals surface area contributed by atoms with Crippen LogP contribution >= 0.6 is 0 Å². The van der Waals surface area contributed by atoms with Crippen LogP contribution in [0.4, 0.5) is 8.78 Å². The van der Waals surface area contributed by atoms with Crippen molar-refractivity contribution in [2.45, 2.75) is 38.0 Å². The number of rotatable bonds is 4. The largest absolute Gasteiger partial charge is 0.387 e. The van der Waals surface area contributed by atoms with Crippen molar-refractivity contribution < 1.29 is 13.9 Å². The van der Waals surface area contributed by atoms with Gasteiger partial charge in [-0.15, -0.1) is 10.2 Å². The van der Waals surface area contributed by atoms with Gasteiger partial charge < -0.3 is 9.67 Å². The highest BCUT2D eigenvalue weighted by Gasteiger charge is 2.32. The van der Waals surface area contributed by atoms with Crippen molar-refractivity contribution in [3.63, 3.8) is 0 Å². The number of β-amino-alcohol motifs (C(OH)–C–C–N with tert-alkyl or cyclic N) is 1. The van der Waals surface area contributed by atoms with Gasteiger partial charge in [0.2, 0.25) is 0 Å². The Labute approximate surface area is 132 Å². The Morgan fingerprint density at radius 1 is 1.17 bits per heavy atom. The zero-order valence-electron chi connectivity index (χ0n) is 12.6. The van der Waals surface area contributed by atoms with Gasteiger partial charge in [0.15, 0.2) is 11.6 Å². The molecule has 0 saturated heterocycles. The maximum absolute atomic E-state index is 13.3. The number of fused-ring (bicyclic) bond motifs is 1. The van der Waals surface area contributed by atoms with E-state index < -0.39 is 17.7 Å². The van der Waals surface area contributed by atoms with Crippen LogP contribution < -0.4 is 0 Å². The molecule has 0 bridgehead atoms. The maximum atomic E-state index is 13.3. The number of aliphatic hydroxyl groups is 1. The summed E-state index contributed by atoms with van der Waals surface area (Å²) in [5, 5.41) is 18.8. The molecule has 1 aromatic heterocycles. The van der Waals surface area contributed by atoms with Gasteiger partial charge in [0.1, 0.15) is 11.6 Å². The second-order valence-corrected chi connectivity index (χ2v) is 6.32. The number of nitrogens with zero attached hydrogens (tertiary/aromatic N) is 4. The highest BCUT2D eigenvalue weighted by Crippen LogP contribution is 2.39. The molecule has 1 N–H and O–H groups in total. The van der Waals surface area contributed by atoms with Crippen LogP contribution in [-0.2, 0) is 13.1 Å². The fraction of sp³-hybridized carbons (Fsp3) is 0.500. The summed E-state index contributed by atoms with van der Waals surface area (Å²) >= 11 is 0. The average Bonchev–Trinajstić information content (AvgIpc) is 3.30.